The largest absolute Gasteiger partial charge is 0.480 e. The van der Waals surface area contributed by atoms with E-state index in [1.807, 2.05) is 30.3 Å². The molecule has 1 aromatic heterocycles. The van der Waals surface area contributed by atoms with Crippen LogP contribution >= 0.6 is 0 Å². The van der Waals surface area contributed by atoms with Gasteiger partial charge in [-0.15, -0.1) is 0 Å². The van der Waals surface area contributed by atoms with Crippen LogP contribution in [0.5, 0.6) is 0 Å². The molecule has 3 aromatic carbocycles. The van der Waals surface area contributed by atoms with Crippen LogP contribution in [0.2, 0.25) is 0 Å². The van der Waals surface area contributed by atoms with Gasteiger partial charge in [-0.2, -0.15) is 17.4 Å². The van der Waals surface area contributed by atoms with Gasteiger partial charge in [0.15, 0.2) is 0 Å². The molecule has 228 valence electrons. The summed E-state index contributed by atoms with van der Waals surface area (Å²) in [5, 5.41) is 9.79. The van der Waals surface area contributed by atoms with E-state index in [0.29, 0.717) is 29.6 Å². The molecule has 1 fully saturated rings. The number of carboxylic acids is 1. The molecule has 2 N–H and O–H groups in total. The Morgan fingerprint density at radius 3 is 2.25 bits per heavy atom. The Bertz CT molecular complexity index is 1890. The van der Waals surface area contributed by atoms with Gasteiger partial charge in [0, 0.05) is 43.0 Å². The average Bonchev–Trinajstić information content (AvgIpc) is 3.01. The molecule has 0 spiro atoms. The second-order valence-electron chi connectivity index (χ2n) is 10.9. The van der Waals surface area contributed by atoms with Crippen molar-refractivity contribution in [1.29, 1.82) is 0 Å². The minimum atomic E-state index is -3.93. The molecule has 0 aliphatic carbocycles. The van der Waals surface area contributed by atoms with Gasteiger partial charge in [0.2, 0.25) is 0 Å². The second kappa shape index (κ2) is 13.0. The van der Waals surface area contributed by atoms with Crippen molar-refractivity contribution < 1.29 is 22.7 Å². The van der Waals surface area contributed by atoms with Crippen LogP contribution in [0.15, 0.2) is 77.9 Å². The van der Waals surface area contributed by atoms with Crippen molar-refractivity contribution in [3.05, 3.63) is 106 Å². The number of nitrogens with zero attached hydrogens (tertiary/aromatic N) is 4. The molecular formula is C32H32FN5O5S. The highest BCUT2D eigenvalue weighted by molar-refractivity contribution is 7.87. The van der Waals surface area contributed by atoms with E-state index in [4.69, 9.17) is 0 Å². The number of carbonyl (C=O) groups is 1. The molecule has 0 saturated carbocycles. The van der Waals surface area contributed by atoms with Gasteiger partial charge in [0.05, 0.1) is 23.8 Å². The SMILES string of the molecule is CC(C)[C@@H](NS(=O)(=O)N1CCN(c2ccc(C#Cc3ccc4ncn(Cc5ccc(F)cc5)c(=O)c4c3)cc2)CC1)C(=O)O. The summed E-state index contributed by atoms with van der Waals surface area (Å²) < 4.78 is 43.8. The third kappa shape index (κ3) is 7.14. The fraction of sp³-hybridized carbons (Fsp3) is 0.281. The third-order valence-electron chi connectivity index (χ3n) is 7.46. The molecule has 1 aliphatic heterocycles. The monoisotopic (exact) mass is 617 g/mol. The molecule has 0 bridgehead atoms. The lowest BCUT2D eigenvalue weighted by Gasteiger charge is -2.36. The number of carboxylic acid groups (broad SMARTS) is 1. The first-order valence-electron chi connectivity index (χ1n) is 14.1. The standard InChI is InChI=1S/C32H32FN5O5S/c1-22(2)30(32(40)41)35-44(42,43)38-17-15-36(16-18-38)27-12-7-23(8-13-27)3-4-24-9-14-29-28(19-24)31(39)37(21-34-29)20-25-5-10-26(33)11-6-25/h5-14,19,21-22,30,35H,15-18,20H2,1-2H3,(H,40,41)/t30-/m1/s1. The molecule has 5 rings (SSSR count). The molecule has 1 atom stereocenters. The Morgan fingerprint density at radius 2 is 1.61 bits per heavy atom. The van der Waals surface area contributed by atoms with E-state index in [0.717, 1.165) is 16.8 Å². The minimum absolute atomic E-state index is 0.211. The van der Waals surface area contributed by atoms with Crippen LogP contribution in [0.4, 0.5) is 10.1 Å². The van der Waals surface area contributed by atoms with Crippen LogP contribution in [0.1, 0.15) is 30.5 Å². The molecule has 0 radical (unpaired) electrons. The number of aromatic nitrogens is 2. The van der Waals surface area contributed by atoms with E-state index >= 15 is 0 Å². The summed E-state index contributed by atoms with van der Waals surface area (Å²) in [6.45, 7) is 4.94. The van der Waals surface area contributed by atoms with Crippen LogP contribution in [0, 0.1) is 23.6 Å². The summed E-state index contributed by atoms with van der Waals surface area (Å²) >= 11 is 0. The molecule has 1 saturated heterocycles. The maximum atomic E-state index is 13.2. The quantitative estimate of drug-likeness (QED) is 0.291. The fourth-order valence-corrected chi connectivity index (χ4v) is 6.42. The number of aliphatic carboxylic acids is 1. The molecular weight excluding hydrogens is 585 g/mol. The van der Waals surface area contributed by atoms with Gasteiger partial charge in [-0.25, -0.2) is 9.37 Å². The Labute approximate surface area is 254 Å². The van der Waals surface area contributed by atoms with Crippen LogP contribution in [0.25, 0.3) is 10.9 Å². The molecule has 2 heterocycles. The van der Waals surface area contributed by atoms with Crippen molar-refractivity contribution >= 4 is 32.8 Å². The molecule has 0 unspecified atom stereocenters. The highest BCUT2D eigenvalue weighted by atomic mass is 32.2. The lowest BCUT2D eigenvalue weighted by Crippen LogP contribution is -2.55. The van der Waals surface area contributed by atoms with E-state index in [1.165, 1.54) is 27.3 Å². The van der Waals surface area contributed by atoms with Crippen molar-refractivity contribution in [1.82, 2.24) is 18.6 Å². The summed E-state index contributed by atoms with van der Waals surface area (Å²) in [7, 11) is -3.93. The predicted molar refractivity (Wildman–Crippen MR) is 166 cm³/mol. The van der Waals surface area contributed by atoms with E-state index in [-0.39, 0.29) is 31.0 Å². The first-order chi connectivity index (χ1) is 21.0. The maximum Gasteiger partial charge on any atom is 0.322 e. The highest BCUT2D eigenvalue weighted by Crippen LogP contribution is 2.19. The van der Waals surface area contributed by atoms with Crippen molar-refractivity contribution in [2.75, 3.05) is 31.1 Å². The van der Waals surface area contributed by atoms with Gasteiger partial charge in [0.1, 0.15) is 11.9 Å². The highest BCUT2D eigenvalue weighted by Gasteiger charge is 2.33. The number of anilines is 1. The summed E-state index contributed by atoms with van der Waals surface area (Å²) in [4.78, 5) is 31.0. The van der Waals surface area contributed by atoms with Crippen LogP contribution in [0.3, 0.4) is 0 Å². The zero-order chi connectivity index (χ0) is 31.4. The van der Waals surface area contributed by atoms with E-state index in [1.54, 1.807) is 38.1 Å². The zero-order valence-corrected chi connectivity index (χ0v) is 25.1. The molecule has 1 aliphatic rings. The minimum Gasteiger partial charge on any atom is -0.480 e. The predicted octanol–water partition coefficient (Wildman–Crippen LogP) is 3.05. The van der Waals surface area contributed by atoms with Gasteiger partial charge in [-0.3, -0.25) is 14.2 Å². The maximum absolute atomic E-state index is 13.2. The number of nitrogens with one attached hydrogen (secondary N) is 1. The topological polar surface area (TPSA) is 125 Å². The molecule has 10 nitrogen and oxygen atoms in total. The van der Waals surface area contributed by atoms with Crippen LogP contribution < -0.4 is 15.2 Å². The van der Waals surface area contributed by atoms with Crippen molar-refractivity contribution in [3.63, 3.8) is 0 Å². The number of benzene rings is 3. The first kappa shape index (κ1) is 30.9. The van der Waals surface area contributed by atoms with Gasteiger partial charge in [-0.1, -0.05) is 37.8 Å². The normalized spacial score (nSPS) is 14.8. The summed E-state index contributed by atoms with van der Waals surface area (Å²) in [6, 6.07) is 17.7. The number of halogens is 1. The summed E-state index contributed by atoms with van der Waals surface area (Å²) in [5.74, 6) is 4.29. The van der Waals surface area contributed by atoms with Crippen LogP contribution in [-0.2, 0) is 21.5 Å². The smallest absolute Gasteiger partial charge is 0.322 e. The van der Waals surface area contributed by atoms with Crippen LogP contribution in [-0.4, -0.2) is 65.6 Å². The lowest BCUT2D eigenvalue weighted by molar-refractivity contribution is -0.140. The second-order valence-corrected chi connectivity index (χ2v) is 12.6. The van der Waals surface area contributed by atoms with Gasteiger partial charge in [0.25, 0.3) is 15.8 Å². The number of hydrogen-bond donors (Lipinski definition) is 2. The summed E-state index contributed by atoms with van der Waals surface area (Å²) in [5.41, 5.74) is 3.49. The molecule has 4 aromatic rings. The number of hydrogen-bond acceptors (Lipinski definition) is 6. The van der Waals surface area contributed by atoms with E-state index in [2.05, 4.69) is 26.4 Å². The van der Waals surface area contributed by atoms with Gasteiger partial charge < -0.3 is 10.0 Å². The number of piperazine rings is 1. The Morgan fingerprint density at radius 1 is 0.977 bits per heavy atom. The fourth-order valence-electron chi connectivity index (χ4n) is 4.93. The summed E-state index contributed by atoms with van der Waals surface area (Å²) in [6.07, 6.45) is 1.48. The lowest BCUT2D eigenvalue weighted by atomic mass is 10.1. The van der Waals surface area contributed by atoms with Crippen molar-refractivity contribution in [2.24, 2.45) is 5.92 Å². The Balaban J connectivity index is 1.23. The zero-order valence-electron chi connectivity index (χ0n) is 24.3. The van der Waals surface area contributed by atoms with Gasteiger partial charge >= 0.3 is 5.97 Å². The Hall–Kier alpha value is -4.57. The number of fused-ring (bicyclic) bond motifs is 1. The van der Waals surface area contributed by atoms with Crippen molar-refractivity contribution in [3.8, 4) is 11.8 Å². The van der Waals surface area contributed by atoms with E-state index in [9.17, 15) is 27.5 Å². The average molecular weight is 618 g/mol. The third-order valence-corrected chi connectivity index (χ3v) is 9.06. The van der Waals surface area contributed by atoms with E-state index < -0.39 is 28.1 Å². The molecule has 0 amide bonds. The Kier molecular flexibility index (Phi) is 9.10. The molecule has 44 heavy (non-hydrogen) atoms. The molecule has 12 heteroatoms. The van der Waals surface area contributed by atoms with Gasteiger partial charge in [-0.05, 0) is 66.1 Å². The van der Waals surface area contributed by atoms with Crippen molar-refractivity contribution in [2.45, 2.75) is 26.4 Å². The number of rotatable bonds is 8. The first-order valence-corrected chi connectivity index (χ1v) is 15.5.